The molecule has 0 N–H and O–H groups in total. The Labute approximate surface area is 171 Å². The number of hydrogen-bond donors (Lipinski definition) is 0. The van der Waals surface area contributed by atoms with Crippen molar-refractivity contribution in [2.75, 3.05) is 13.7 Å². The Morgan fingerprint density at radius 1 is 1.17 bits per heavy atom. The SMILES string of the molecule is COc1ccc(C(=O)N2CCCC[C@@H]2c2cccnc2)cc1-n1nc(C)cc1C. The number of amides is 1. The number of rotatable bonds is 4. The van der Waals surface area contributed by atoms with Crippen molar-refractivity contribution in [2.45, 2.75) is 39.2 Å². The standard InChI is InChI=1S/C23H26N4O2/c1-16-13-17(2)27(25-16)21-14-18(9-10-22(21)29-3)23(28)26-12-5-4-8-20(26)19-7-6-11-24-15-19/h6-7,9-11,13-15,20H,4-5,8,12H2,1-3H3/t20-/m1/s1. The molecule has 0 radical (unpaired) electrons. The molecule has 6 heteroatoms. The van der Waals surface area contributed by atoms with Crippen LogP contribution in [0.4, 0.5) is 0 Å². The van der Waals surface area contributed by atoms with Gasteiger partial charge in [-0.25, -0.2) is 4.68 Å². The predicted octanol–water partition coefficient (Wildman–Crippen LogP) is 4.26. The van der Waals surface area contributed by atoms with E-state index in [-0.39, 0.29) is 11.9 Å². The van der Waals surface area contributed by atoms with Crippen LogP contribution in [0.3, 0.4) is 0 Å². The summed E-state index contributed by atoms with van der Waals surface area (Å²) in [5.41, 5.74) is 4.43. The number of pyridine rings is 1. The van der Waals surface area contributed by atoms with Crippen LogP contribution >= 0.6 is 0 Å². The molecule has 1 aliphatic rings. The van der Waals surface area contributed by atoms with Crippen molar-refractivity contribution >= 4 is 5.91 Å². The molecule has 4 rings (SSSR count). The van der Waals surface area contributed by atoms with Crippen LogP contribution in [-0.2, 0) is 0 Å². The van der Waals surface area contributed by atoms with Gasteiger partial charge in [-0.2, -0.15) is 5.10 Å². The lowest BCUT2D eigenvalue weighted by molar-refractivity contribution is 0.0611. The van der Waals surface area contributed by atoms with E-state index < -0.39 is 0 Å². The molecule has 1 fully saturated rings. The zero-order valence-electron chi connectivity index (χ0n) is 17.1. The molecule has 0 saturated carbocycles. The van der Waals surface area contributed by atoms with E-state index in [0.29, 0.717) is 11.3 Å². The second-order valence-electron chi connectivity index (χ2n) is 7.52. The van der Waals surface area contributed by atoms with Crippen molar-refractivity contribution in [1.82, 2.24) is 19.7 Å². The Kier molecular flexibility index (Phi) is 5.34. The third kappa shape index (κ3) is 3.75. The number of nitrogens with zero attached hydrogens (tertiary/aromatic N) is 4. The van der Waals surface area contributed by atoms with Crippen molar-refractivity contribution in [1.29, 1.82) is 0 Å². The smallest absolute Gasteiger partial charge is 0.254 e. The molecular formula is C23H26N4O2. The average molecular weight is 390 g/mol. The van der Waals surface area contributed by atoms with Gasteiger partial charge in [0.05, 0.1) is 18.8 Å². The van der Waals surface area contributed by atoms with Gasteiger partial charge in [0.25, 0.3) is 5.91 Å². The Hall–Kier alpha value is -3.15. The van der Waals surface area contributed by atoms with Gasteiger partial charge in [0.1, 0.15) is 11.4 Å². The largest absolute Gasteiger partial charge is 0.494 e. The van der Waals surface area contributed by atoms with E-state index in [0.717, 1.165) is 48.4 Å². The monoisotopic (exact) mass is 390 g/mol. The summed E-state index contributed by atoms with van der Waals surface area (Å²) in [7, 11) is 1.63. The van der Waals surface area contributed by atoms with Crippen LogP contribution < -0.4 is 4.74 Å². The Morgan fingerprint density at radius 3 is 2.72 bits per heavy atom. The van der Waals surface area contributed by atoms with Gasteiger partial charge in [-0.05, 0) is 69.0 Å². The normalized spacial score (nSPS) is 16.7. The summed E-state index contributed by atoms with van der Waals surface area (Å²) in [4.78, 5) is 19.7. The second kappa shape index (κ2) is 8.07. The maximum atomic E-state index is 13.5. The van der Waals surface area contributed by atoms with Crippen molar-refractivity contribution in [3.63, 3.8) is 0 Å². The molecule has 0 spiro atoms. The molecular weight excluding hydrogens is 364 g/mol. The highest BCUT2D eigenvalue weighted by Crippen LogP contribution is 2.33. The summed E-state index contributed by atoms with van der Waals surface area (Å²) in [6.07, 6.45) is 6.72. The number of carbonyl (C=O) groups excluding carboxylic acids is 1. The van der Waals surface area contributed by atoms with Crippen LogP contribution in [0.25, 0.3) is 5.69 Å². The first-order valence-corrected chi connectivity index (χ1v) is 10.0. The minimum Gasteiger partial charge on any atom is -0.494 e. The molecule has 1 atom stereocenters. The number of methoxy groups -OCH3 is 1. The lowest BCUT2D eigenvalue weighted by Gasteiger charge is -2.36. The third-order valence-electron chi connectivity index (χ3n) is 5.50. The molecule has 150 valence electrons. The molecule has 0 aliphatic carbocycles. The first kappa shape index (κ1) is 19.2. The minimum atomic E-state index is 0.0315. The molecule has 2 aromatic heterocycles. The summed E-state index contributed by atoms with van der Waals surface area (Å²) >= 11 is 0. The number of benzene rings is 1. The fourth-order valence-corrected chi connectivity index (χ4v) is 4.12. The van der Waals surface area contributed by atoms with Gasteiger partial charge in [-0.3, -0.25) is 9.78 Å². The van der Waals surface area contributed by atoms with Gasteiger partial charge in [0.2, 0.25) is 0 Å². The van der Waals surface area contributed by atoms with E-state index in [2.05, 4.69) is 16.1 Å². The molecule has 6 nitrogen and oxygen atoms in total. The van der Waals surface area contributed by atoms with Gasteiger partial charge < -0.3 is 9.64 Å². The highest BCUT2D eigenvalue weighted by Gasteiger charge is 2.29. The lowest BCUT2D eigenvalue weighted by atomic mass is 9.95. The Balaban J connectivity index is 1.71. The molecule has 1 saturated heterocycles. The van der Waals surface area contributed by atoms with Gasteiger partial charge in [-0.1, -0.05) is 6.07 Å². The summed E-state index contributed by atoms with van der Waals surface area (Å²) in [6, 6.07) is 11.6. The maximum absolute atomic E-state index is 13.5. The topological polar surface area (TPSA) is 60.2 Å². The van der Waals surface area contributed by atoms with Crippen molar-refractivity contribution in [3.8, 4) is 11.4 Å². The van der Waals surface area contributed by atoms with Crippen LogP contribution in [0.5, 0.6) is 5.75 Å². The maximum Gasteiger partial charge on any atom is 0.254 e. The molecule has 3 heterocycles. The molecule has 0 bridgehead atoms. The number of hydrogen-bond acceptors (Lipinski definition) is 4. The summed E-state index contributed by atoms with van der Waals surface area (Å²) in [6.45, 7) is 4.70. The second-order valence-corrected chi connectivity index (χ2v) is 7.52. The predicted molar refractivity (Wildman–Crippen MR) is 111 cm³/mol. The minimum absolute atomic E-state index is 0.0315. The van der Waals surface area contributed by atoms with E-state index in [1.807, 2.05) is 60.0 Å². The van der Waals surface area contributed by atoms with Crippen LogP contribution in [0.15, 0.2) is 48.8 Å². The van der Waals surface area contributed by atoms with E-state index in [9.17, 15) is 4.79 Å². The number of ether oxygens (including phenoxy) is 1. The molecule has 0 unspecified atom stereocenters. The molecule has 1 amide bonds. The van der Waals surface area contributed by atoms with Crippen LogP contribution in [0.1, 0.15) is 52.6 Å². The number of aryl methyl sites for hydroxylation is 2. The molecule has 1 aliphatic heterocycles. The highest BCUT2D eigenvalue weighted by molar-refractivity contribution is 5.95. The molecule has 29 heavy (non-hydrogen) atoms. The van der Waals surface area contributed by atoms with E-state index in [1.165, 1.54) is 0 Å². The van der Waals surface area contributed by atoms with Gasteiger partial charge in [-0.15, -0.1) is 0 Å². The number of carbonyl (C=O) groups is 1. The van der Waals surface area contributed by atoms with E-state index in [1.54, 1.807) is 13.3 Å². The fourth-order valence-electron chi connectivity index (χ4n) is 4.12. The summed E-state index contributed by atoms with van der Waals surface area (Å²) in [5, 5.41) is 4.57. The van der Waals surface area contributed by atoms with E-state index in [4.69, 9.17) is 4.74 Å². The third-order valence-corrected chi connectivity index (χ3v) is 5.50. The molecule has 1 aromatic carbocycles. The first-order valence-electron chi connectivity index (χ1n) is 10.0. The zero-order valence-corrected chi connectivity index (χ0v) is 17.1. The van der Waals surface area contributed by atoms with Crippen LogP contribution in [0.2, 0.25) is 0 Å². The van der Waals surface area contributed by atoms with Gasteiger partial charge >= 0.3 is 0 Å². The quantitative estimate of drug-likeness (QED) is 0.668. The van der Waals surface area contributed by atoms with Gasteiger partial charge in [0.15, 0.2) is 0 Å². The Bertz CT molecular complexity index is 1010. The highest BCUT2D eigenvalue weighted by atomic mass is 16.5. The average Bonchev–Trinajstić information content (AvgIpc) is 3.11. The number of piperidine rings is 1. The summed E-state index contributed by atoms with van der Waals surface area (Å²) in [5.74, 6) is 0.721. The van der Waals surface area contributed by atoms with Crippen LogP contribution in [0, 0.1) is 13.8 Å². The fraction of sp³-hybridized carbons (Fsp3) is 0.348. The summed E-state index contributed by atoms with van der Waals surface area (Å²) < 4.78 is 7.37. The van der Waals surface area contributed by atoms with Gasteiger partial charge in [0, 0.05) is 30.2 Å². The van der Waals surface area contributed by atoms with Crippen molar-refractivity contribution in [3.05, 3.63) is 71.3 Å². The van der Waals surface area contributed by atoms with Crippen molar-refractivity contribution in [2.24, 2.45) is 0 Å². The van der Waals surface area contributed by atoms with E-state index >= 15 is 0 Å². The van der Waals surface area contributed by atoms with Crippen molar-refractivity contribution < 1.29 is 9.53 Å². The van der Waals surface area contributed by atoms with Crippen LogP contribution in [-0.4, -0.2) is 39.2 Å². The zero-order chi connectivity index (χ0) is 20.4. The lowest BCUT2D eigenvalue weighted by Crippen LogP contribution is -2.38. The Morgan fingerprint density at radius 2 is 2.03 bits per heavy atom. The number of aromatic nitrogens is 3. The molecule has 3 aromatic rings. The first-order chi connectivity index (χ1) is 14.1. The number of likely N-dealkylation sites (tertiary alicyclic amines) is 1.